The van der Waals surface area contributed by atoms with E-state index in [0.717, 1.165) is 11.0 Å². The summed E-state index contributed by atoms with van der Waals surface area (Å²) in [5.41, 5.74) is 2.00. The molecule has 20 heavy (non-hydrogen) atoms. The second-order valence-electron chi connectivity index (χ2n) is 4.26. The number of nitrogens with one attached hydrogen (secondary N) is 2. The Morgan fingerprint density at radius 2 is 2.00 bits per heavy atom. The van der Waals surface area contributed by atoms with Gasteiger partial charge in [-0.2, -0.15) is 0 Å². The zero-order valence-electron chi connectivity index (χ0n) is 10.3. The van der Waals surface area contributed by atoms with E-state index in [2.05, 4.69) is 15.3 Å². The molecule has 4 N–H and O–H groups in total. The molecular weight excluding hydrogens is 258 g/mol. The SMILES string of the molecule is O=C(O)c1ccc(O)c(Nc2nc3ccccc3[nH]2)c1. The van der Waals surface area contributed by atoms with Crippen LogP contribution in [-0.4, -0.2) is 26.2 Å². The van der Waals surface area contributed by atoms with Crippen molar-refractivity contribution in [1.29, 1.82) is 0 Å². The lowest BCUT2D eigenvalue weighted by Crippen LogP contribution is -1.99. The molecule has 6 nitrogen and oxygen atoms in total. The third-order valence-corrected chi connectivity index (χ3v) is 2.89. The van der Waals surface area contributed by atoms with Gasteiger partial charge in [-0.25, -0.2) is 9.78 Å². The number of para-hydroxylation sites is 2. The van der Waals surface area contributed by atoms with Crippen LogP contribution in [0.15, 0.2) is 42.5 Å². The Morgan fingerprint density at radius 3 is 2.75 bits per heavy atom. The number of H-pyrrole nitrogens is 1. The molecule has 0 saturated carbocycles. The summed E-state index contributed by atoms with van der Waals surface area (Å²) < 4.78 is 0. The third-order valence-electron chi connectivity index (χ3n) is 2.89. The molecule has 0 amide bonds. The first-order chi connectivity index (χ1) is 9.63. The molecule has 0 bridgehead atoms. The van der Waals surface area contributed by atoms with Crippen molar-refractivity contribution in [1.82, 2.24) is 9.97 Å². The highest BCUT2D eigenvalue weighted by Gasteiger charge is 2.09. The number of carboxylic acid groups (broad SMARTS) is 1. The van der Waals surface area contributed by atoms with E-state index in [9.17, 15) is 9.90 Å². The van der Waals surface area contributed by atoms with E-state index < -0.39 is 5.97 Å². The third kappa shape index (κ3) is 2.14. The molecule has 0 fully saturated rings. The average molecular weight is 269 g/mol. The summed E-state index contributed by atoms with van der Waals surface area (Å²) in [6.45, 7) is 0. The Bertz CT molecular complexity index is 762. The molecule has 3 rings (SSSR count). The van der Waals surface area contributed by atoms with Crippen LogP contribution in [0.3, 0.4) is 0 Å². The summed E-state index contributed by atoms with van der Waals surface area (Å²) >= 11 is 0. The van der Waals surface area contributed by atoms with Crippen LogP contribution in [0.2, 0.25) is 0 Å². The summed E-state index contributed by atoms with van der Waals surface area (Å²) in [5, 5.41) is 21.6. The van der Waals surface area contributed by atoms with Gasteiger partial charge >= 0.3 is 5.97 Å². The number of aromatic carboxylic acids is 1. The van der Waals surface area contributed by atoms with Crippen LogP contribution in [0.4, 0.5) is 11.6 Å². The fourth-order valence-electron chi connectivity index (χ4n) is 1.91. The predicted molar refractivity (Wildman–Crippen MR) is 74.4 cm³/mol. The molecule has 0 aliphatic rings. The standard InChI is InChI=1S/C14H11N3O3/c18-12-6-5-8(13(19)20)7-11(12)17-14-15-9-3-1-2-4-10(9)16-14/h1-7,18H,(H,19,20)(H2,15,16,17). The van der Waals surface area contributed by atoms with Crippen LogP contribution >= 0.6 is 0 Å². The first kappa shape index (κ1) is 12.0. The van der Waals surface area contributed by atoms with E-state index >= 15 is 0 Å². The molecule has 0 spiro atoms. The Balaban J connectivity index is 1.97. The maximum absolute atomic E-state index is 10.9. The van der Waals surface area contributed by atoms with Crippen LogP contribution in [0.25, 0.3) is 11.0 Å². The number of fused-ring (bicyclic) bond motifs is 1. The van der Waals surface area contributed by atoms with Gasteiger partial charge in [0.15, 0.2) is 0 Å². The van der Waals surface area contributed by atoms with E-state index in [1.807, 2.05) is 24.3 Å². The number of nitrogens with zero attached hydrogens (tertiary/aromatic N) is 1. The fraction of sp³-hybridized carbons (Fsp3) is 0. The van der Waals surface area contributed by atoms with Gasteiger partial charge in [0.05, 0.1) is 22.3 Å². The normalized spacial score (nSPS) is 10.6. The van der Waals surface area contributed by atoms with Gasteiger partial charge in [0.1, 0.15) is 5.75 Å². The molecule has 0 saturated heterocycles. The Hall–Kier alpha value is -3.02. The minimum absolute atomic E-state index is 0.0459. The van der Waals surface area contributed by atoms with Gasteiger partial charge in [-0.15, -0.1) is 0 Å². The highest BCUT2D eigenvalue weighted by molar-refractivity contribution is 5.90. The zero-order valence-corrected chi connectivity index (χ0v) is 10.3. The van der Waals surface area contributed by atoms with Gasteiger partial charge < -0.3 is 20.5 Å². The van der Waals surface area contributed by atoms with Gasteiger partial charge in [0, 0.05) is 0 Å². The second-order valence-corrected chi connectivity index (χ2v) is 4.26. The zero-order chi connectivity index (χ0) is 14.1. The molecule has 0 aliphatic carbocycles. The number of hydrogen-bond acceptors (Lipinski definition) is 4. The number of anilines is 2. The molecule has 1 heterocycles. The van der Waals surface area contributed by atoms with Crippen molar-refractivity contribution in [2.24, 2.45) is 0 Å². The lowest BCUT2D eigenvalue weighted by Gasteiger charge is -2.06. The van der Waals surface area contributed by atoms with Crippen molar-refractivity contribution in [3.63, 3.8) is 0 Å². The van der Waals surface area contributed by atoms with Crippen molar-refractivity contribution in [2.45, 2.75) is 0 Å². The molecule has 0 radical (unpaired) electrons. The maximum Gasteiger partial charge on any atom is 0.335 e. The summed E-state index contributed by atoms with van der Waals surface area (Å²) in [6.07, 6.45) is 0. The number of phenolic OH excluding ortho intramolecular Hbond substituents is 1. The minimum Gasteiger partial charge on any atom is -0.506 e. The second kappa shape index (κ2) is 4.58. The van der Waals surface area contributed by atoms with E-state index in [-0.39, 0.29) is 17.0 Å². The lowest BCUT2D eigenvalue weighted by molar-refractivity contribution is 0.0697. The summed E-state index contributed by atoms with van der Waals surface area (Å²) in [5.74, 6) is -0.669. The summed E-state index contributed by atoms with van der Waals surface area (Å²) in [4.78, 5) is 18.3. The monoisotopic (exact) mass is 269 g/mol. The molecule has 3 aromatic rings. The van der Waals surface area contributed by atoms with Gasteiger partial charge in [-0.3, -0.25) is 0 Å². The Morgan fingerprint density at radius 1 is 1.20 bits per heavy atom. The highest BCUT2D eigenvalue weighted by atomic mass is 16.4. The molecule has 1 aromatic heterocycles. The molecule has 6 heteroatoms. The van der Waals surface area contributed by atoms with Gasteiger partial charge in [0.2, 0.25) is 5.95 Å². The highest BCUT2D eigenvalue weighted by Crippen LogP contribution is 2.27. The van der Waals surface area contributed by atoms with Crippen molar-refractivity contribution in [3.8, 4) is 5.75 Å². The van der Waals surface area contributed by atoms with Crippen molar-refractivity contribution >= 4 is 28.6 Å². The summed E-state index contributed by atoms with van der Waals surface area (Å²) in [6, 6.07) is 11.5. The number of carboxylic acids is 1. The van der Waals surface area contributed by atoms with E-state index in [1.54, 1.807) is 0 Å². The number of benzene rings is 2. The van der Waals surface area contributed by atoms with Crippen LogP contribution in [-0.2, 0) is 0 Å². The number of aromatic hydroxyl groups is 1. The van der Waals surface area contributed by atoms with Crippen molar-refractivity contribution in [2.75, 3.05) is 5.32 Å². The average Bonchev–Trinajstić information content (AvgIpc) is 2.83. The first-order valence-electron chi connectivity index (χ1n) is 5.91. The maximum atomic E-state index is 10.9. The lowest BCUT2D eigenvalue weighted by atomic mass is 10.2. The van der Waals surface area contributed by atoms with Gasteiger partial charge in [-0.1, -0.05) is 12.1 Å². The van der Waals surface area contributed by atoms with Crippen LogP contribution in [0, 0.1) is 0 Å². The number of rotatable bonds is 3. The molecule has 0 unspecified atom stereocenters. The largest absolute Gasteiger partial charge is 0.506 e. The van der Waals surface area contributed by atoms with Gasteiger partial charge in [0.25, 0.3) is 0 Å². The fourth-order valence-corrected chi connectivity index (χ4v) is 1.91. The van der Waals surface area contributed by atoms with E-state index in [1.165, 1.54) is 18.2 Å². The molecule has 2 aromatic carbocycles. The van der Waals surface area contributed by atoms with E-state index in [0.29, 0.717) is 5.95 Å². The predicted octanol–water partition coefficient (Wildman–Crippen LogP) is 2.71. The molecule has 0 atom stereocenters. The quantitative estimate of drug-likeness (QED) is 0.548. The van der Waals surface area contributed by atoms with Crippen molar-refractivity contribution < 1.29 is 15.0 Å². The van der Waals surface area contributed by atoms with Crippen LogP contribution in [0.1, 0.15) is 10.4 Å². The number of aromatic nitrogens is 2. The number of imidazole rings is 1. The number of aromatic amines is 1. The smallest absolute Gasteiger partial charge is 0.335 e. The van der Waals surface area contributed by atoms with Crippen LogP contribution < -0.4 is 5.32 Å². The molecular formula is C14H11N3O3. The minimum atomic E-state index is -1.06. The van der Waals surface area contributed by atoms with Crippen molar-refractivity contribution in [3.05, 3.63) is 48.0 Å². The first-order valence-corrected chi connectivity index (χ1v) is 5.91. The van der Waals surface area contributed by atoms with Gasteiger partial charge in [-0.05, 0) is 30.3 Å². The molecule has 100 valence electrons. The van der Waals surface area contributed by atoms with Crippen LogP contribution in [0.5, 0.6) is 5.75 Å². The molecule has 0 aliphatic heterocycles. The number of carbonyl (C=O) groups is 1. The number of hydrogen-bond donors (Lipinski definition) is 4. The van der Waals surface area contributed by atoms with E-state index in [4.69, 9.17) is 5.11 Å². The Labute approximate surface area is 113 Å². The Kier molecular flexibility index (Phi) is 2.76. The number of phenols is 1. The summed E-state index contributed by atoms with van der Waals surface area (Å²) in [7, 11) is 0. The topological polar surface area (TPSA) is 98.2 Å².